The number of aromatic nitrogens is 2. The van der Waals surface area contributed by atoms with Gasteiger partial charge in [0.25, 0.3) is 0 Å². The molecule has 1 amide bonds. The van der Waals surface area contributed by atoms with Crippen LogP contribution in [0.5, 0.6) is 0 Å². The van der Waals surface area contributed by atoms with Crippen molar-refractivity contribution in [2.24, 2.45) is 0 Å². The van der Waals surface area contributed by atoms with Gasteiger partial charge >= 0.3 is 0 Å². The SMILES string of the molecule is O=C1NCCCC1n1c(=S)[nH]c2ccc(F)cc21. The molecule has 4 nitrogen and oxygen atoms in total. The summed E-state index contributed by atoms with van der Waals surface area (Å²) in [5.74, 6) is -0.385. The smallest absolute Gasteiger partial charge is 0.243 e. The van der Waals surface area contributed by atoms with Crippen LogP contribution in [0.4, 0.5) is 4.39 Å². The molecule has 18 heavy (non-hydrogen) atoms. The Labute approximate surface area is 108 Å². The van der Waals surface area contributed by atoms with Crippen LogP contribution in [0.25, 0.3) is 11.0 Å². The maximum atomic E-state index is 13.3. The summed E-state index contributed by atoms with van der Waals surface area (Å²) in [5, 5.41) is 2.81. The molecule has 1 aliphatic rings. The lowest BCUT2D eigenvalue weighted by molar-refractivity contribution is -0.125. The molecular weight excluding hydrogens is 253 g/mol. The highest BCUT2D eigenvalue weighted by atomic mass is 32.1. The second-order valence-electron chi connectivity index (χ2n) is 4.41. The second kappa shape index (κ2) is 4.20. The van der Waals surface area contributed by atoms with Crippen LogP contribution in [0.3, 0.4) is 0 Å². The van der Waals surface area contributed by atoms with Crippen LogP contribution in [-0.2, 0) is 4.79 Å². The number of carbonyl (C=O) groups is 1. The third-order valence-corrected chi connectivity index (χ3v) is 3.55. The summed E-state index contributed by atoms with van der Waals surface area (Å²) in [6.45, 7) is 0.694. The predicted molar refractivity (Wildman–Crippen MR) is 68.4 cm³/mol. The number of nitrogens with one attached hydrogen (secondary N) is 2. The van der Waals surface area contributed by atoms with E-state index < -0.39 is 0 Å². The Morgan fingerprint density at radius 1 is 1.44 bits per heavy atom. The fraction of sp³-hybridized carbons (Fsp3) is 0.333. The minimum Gasteiger partial charge on any atom is -0.354 e. The fourth-order valence-electron chi connectivity index (χ4n) is 2.41. The fourth-order valence-corrected chi connectivity index (χ4v) is 2.74. The van der Waals surface area contributed by atoms with E-state index in [9.17, 15) is 9.18 Å². The summed E-state index contributed by atoms with van der Waals surface area (Å²) in [6, 6.07) is 4.07. The van der Waals surface area contributed by atoms with Gasteiger partial charge in [-0.25, -0.2) is 4.39 Å². The number of H-pyrrole nitrogens is 1. The molecule has 2 N–H and O–H groups in total. The molecule has 0 aliphatic carbocycles. The van der Waals surface area contributed by atoms with E-state index in [4.69, 9.17) is 12.2 Å². The number of carbonyl (C=O) groups excluding carboxylic acids is 1. The van der Waals surface area contributed by atoms with Crippen molar-refractivity contribution in [2.75, 3.05) is 6.54 Å². The molecule has 3 rings (SSSR count). The number of fused-ring (bicyclic) bond motifs is 1. The van der Waals surface area contributed by atoms with Crippen molar-refractivity contribution in [3.8, 4) is 0 Å². The summed E-state index contributed by atoms with van der Waals surface area (Å²) in [7, 11) is 0. The Balaban J connectivity index is 2.21. The molecule has 2 heterocycles. The lowest BCUT2D eigenvalue weighted by Gasteiger charge is -2.23. The number of piperidine rings is 1. The maximum Gasteiger partial charge on any atom is 0.243 e. The molecule has 0 saturated carbocycles. The van der Waals surface area contributed by atoms with Crippen molar-refractivity contribution in [3.63, 3.8) is 0 Å². The first-order valence-corrected chi connectivity index (χ1v) is 6.25. The summed E-state index contributed by atoms with van der Waals surface area (Å²) in [6.07, 6.45) is 1.63. The quantitative estimate of drug-likeness (QED) is 0.777. The third-order valence-electron chi connectivity index (χ3n) is 3.25. The van der Waals surface area contributed by atoms with Gasteiger partial charge in [0.15, 0.2) is 4.77 Å². The topological polar surface area (TPSA) is 49.8 Å². The maximum absolute atomic E-state index is 13.3. The Hall–Kier alpha value is -1.69. The number of aromatic amines is 1. The normalized spacial score (nSPS) is 20.1. The molecule has 2 aromatic rings. The van der Waals surface area contributed by atoms with Crippen LogP contribution in [-0.4, -0.2) is 22.0 Å². The minimum atomic E-state index is -0.346. The van der Waals surface area contributed by atoms with Crippen molar-refractivity contribution >= 4 is 29.2 Å². The molecule has 0 bridgehead atoms. The lowest BCUT2D eigenvalue weighted by atomic mass is 10.1. The van der Waals surface area contributed by atoms with E-state index in [1.807, 2.05) is 0 Å². The van der Waals surface area contributed by atoms with Crippen LogP contribution in [0.15, 0.2) is 18.2 Å². The first kappa shape index (κ1) is 11.4. The number of nitrogens with zero attached hydrogens (tertiary/aromatic N) is 1. The number of amides is 1. The highest BCUT2D eigenvalue weighted by Gasteiger charge is 2.25. The molecule has 0 radical (unpaired) electrons. The minimum absolute atomic E-state index is 0.0532. The molecule has 1 atom stereocenters. The van der Waals surface area contributed by atoms with Gasteiger partial charge in [0.1, 0.15) is 11.9 Å². The molecule has 94 valence electrons. The van der Waals surface area contributed by atoms with Crippen molar-refractivity contribution < 1.29 is 9.18 Å². The van der Waals surface area contributed by atoms with Gasteiger partial charge in [-0.2, -0.15) is 0 Å². The molecule has 1 aliphatic heterocycles. The van der Waals surface area contributed by atoms with Gasteiger partial charge in [0, 0.05) is 6.54 Å². The number of rotatable bonds is 1. The van der Waals surface area contributed by atoms with Gasteiger partial charge in [0.05, 0.1) is 11.0 Å². The van der Waals surface area contributed by atoms with Gasteiger partial charge in [-0.05, 0) is 43.3 Å². The molecule has 1 saturated heterocycles. The second-order valence-corrected chi connectivity index (χ2v) is 4.80. The molecule has 1 aromatic heterocycles. The zero-order valence-electron chi connectivity index (χ0n) is 9.57. The Bertz CT molecular complexity index is 676. The van der Waals surface area contributed by atoms with E-state index in [1.165, 1.54) is 12.1 Å². The molecule has 6 heteroatoms. The lowest BCUT2D eigenvalue weighted by Crippen LogP contribution is -2.37. The van der Waals surface area contributed by atoms with Crippen molar-refractivity contribution in [1.82, 2.24) is 14.9 Å². The standard InChI is InChI=1S/C12H12FN3OS/c13-7-3-4-8-10(6-7)16(12(18)15-8)9-2-1-5-14-11(9)17/h3-4,6,9H,1-2,5H2,(H,14,17)(H,15,18). The Morgan fingerprint density at radius 2 is 2.28 bits per heavy atom. The number of halogens is 1. The van der Waals surface area contributed by atoms with Gasteiger partial charge in [-0.3, -0.25) is 4.79 Å². The largest absolute Gasteiger partial charge is 0.354 e. The Kier molecular flexibility index (Phi) is 2.66. The van der Waals surface area contributed by atoms with E-state index >= 15 is 0 Å². The van der Waals surface area contributed by atoms with Crippen LogP contribution in [0.1, 0.15) is 18.9 Å². The van der Waals surface area contributed by atoms with E-state index in [1.54, 1.807) is 10.6 Å². The molecule has 1 fully saturated rings. The van der Waals surface area contributed by atoms with Gasteiger partial charge in [0.2, 0.25) is 5.91 Å². The van der Waals surface area contributed by atoms with Crippen LogP contribution < -0.4 is 5.32 Å². The molecule has 1 aromatic carbocycles. The van der Waals surface area contributed by atoms with Gasteiger partial charge < -0.3 is 14.9 Å². The van der Waals surface area contributed by atoms with Gasteiger partial charge in [-0.1, -0.05) is 0 Å². The van der Waals surface area contributed by atoms with E-state index in [2.05, 4.69) is 10.3 Å². The van der Waals surface area contributed by atoms with Crippen molar-refractivity contribution in [2.45, 2.75) is 18.9 Å². The first-order valence-electron chi connectivity index (χ1n) is 5.84. The summed E-state index contributed by atoms with van der Waals surface area (Å²) in [5.41, 5.74) is 1.39. The molecule has 1 unspecified atom stereocenters. The highest BCUT2D eigenvalue weighted by Crippen LogP contribution is 2.25. The average molecular weight is 265 g/mol. The van der Waals surface area contributed by atoms with Gasteiger partial charge in [-0.15, -0.1) is 0 Å². The predicted octanol–water partition coefficient (Wildman–Crippen LogP) is 2.29. The van der Waals surface area contributed by atoms with Crippen LogP contribution in [0.2, 0.25) is 0 Å². The highest BCUT2D eigenvalue weighted by molar-refractivity contribution is 7.71. The zero-order valence-corrected chi connectivity index (χ0v) is 10.4. The third kappa shape index (κ3) is 1.73. The zero-order chi connectivity index (χ0) is 12.7. The first-order chi connectivity index (χ1) is 8.66. The molecular formula is C12H12FN3OS. The summed E-state index contributed by atoms with van der Waals surface area (Å²) < 4.78 is 15.5. The monoisotopic (exact) mass is 265 g/mol. The van der Waals surface area contributed by atoms with E-state index in [-0.39, 0.29) is 17.8 Å². The summed E-state index contributed by atoms with van der Waals surface area (Å²) >= 11 is 5.23. The van der Waals surface area contributed by atoms with E-state index in [0.29, 0.717) is 16.8 Å². The number of hydrogen-bond acceptors (Lipinski definition) is 2. The van der Waals surface area contributed by atoms with Crippen molar-refractivity contribution in [3.05, 3.63) is 28.8 Å². The number of imidazole rings is 1. The molecule has 0 spiro atoms. The number of hydrogen-bond donors (Lipinski definition) is 2. The number of benzene rings is 1. The Morgan fingerprint density at radius 3 is 3.06 bits per heavy atom. The van der Waals surface area contributed by atoms with E-state index in [0.717, 1.165) is 18.4 Å². The average Bonchev–Trinajstić information content (AvgIpc) is 2.66. The van der Waals surface area contributed by atoms with Crippen molar-refractivity contribution in [1.29, 1.82) is 0 Å². The van der Waals surface area contributed by atoms with Crippen LogP contribution >= 0.6 is 12.2 Å². The van der Waals surface area contributed by atoms with Crippen LogP contribution in [0, 0.1) is 10.6 Å². The summed E-state index contributed by atoms with van der Waals surface area (Å²) in [4.78, 5) is 14.9.